The van der Waals surface area contributed by atoms with Gasteiger partial charge in [-0.2, -0.15) is 0 Å². The second-order valence-electron chi connectivity index (χ2n) is 4.43. The first-order valence-electron chi connectivity index (χ1n) is 5.89. The van der Waals surface area contributed by atoms with Crippen LogP contribution in [0, 0.1) is 0 Å². The lowest BCUT2D eigenvalue weighted by Gasteiger charge is -2.29. The Morgan fingerprint density at radius 1 is 1.44 bits per heavy atom. The molecule has 1 heterocycles. The standard InChI is InChI=1S/C12H19ClN4O/c1-5-17(9(2)8-16(3)4)12(18)10-6-14-7-11(13)15-10/h6-7,9H,5,8H2,1-4H3. The molecule has 0 N–H and O–H groups in total. The Labute approximate surface area is 113 Å². The fraction of sp³-hybridized carbons (Fsp3) is 0.583. The van der Waals surface area contributed by atoms with Gasteiger partial charge in [0.15, 0.2) is 0 Å². The molecule has 5 nitrogen and oxygen atoms in total. The van der Waals surface area contributed by atoms with Gasteiger partial charge in [-0.05, 0) is 27.9 Å². The fourth-order valence-corrected chi connectivity index (χ4v) is 2.02. The molecule has 0 spiro atoms. The predicted octanol–water partition coefficient (Wildman–Crippen LogP) is 1.54. The van der Waals surface area contributed by atoms with E-state index in [0.29, 0.717) is 6.54 Å². The quantitative estimate of drug-likeness (QED) is 0.814. The number of halogens is 1. The van der Waals surface area contributed by atoms with Crippen LogP contribution < -0.4 is 0 Å². The van der Waals surface area contributed by atoms with Crippen molar-refractivity contribution in [2.75, 3.05) is 27.2 Å². The summed E-state index contributed by atoms with van der Waals surface area (Å²) in [5.41, 5.74) is 0.287. The van der Waals surface area contributed by atoms with E-state index in [0.717, 1.165) is 6.54 Å². The average Bonchev–Trinajstić information content (AvgIpc) is 2.28. The van der Waals surface area contributed by atoms with Gasteiger partial charge in [-0.15, -0.1) is 0 Å². The van der Waals surface area contributed by atoms with Crippen molar-refractivity contribution in [2.45, 2.75) is 19.9 Å². The van der Waals surface area contributed by atoms with Gasteiger partial charge in [0, 0.05) is 19.1 Å². The second-order valence-corrected chi connectivity index (χ2v) is 4.82. The van der Waals surface area contributed by atoms with Crippen LogP contribution in [0.3, 0.4) is 0 Å². The van der Waals surface area contributed by atoms with Gasteiger partial charge in [-0.25, -0.2) is 4.98 Å². The van der Waals surface area contributed by atoms with Gasteiger partial charge in [0.25, 0.3) is 5.91 Å². The summed E-state index contributed by atoms with van der Waals surface area (Å²) in [5, 5.41) is 0.233. The topological polar surface area (TPSA) is 49.3 Å². The van der Waals surface area contributed by atoms with Gasteiger partial charge < -0.3 is 9.80 Å². The van der Waals surface area contributed by atoms with Crippen molar-refractivity contribution in [3.63, 3.8) is 0 Å². The number of carbonyl (C=O) groups is 1. The number of rotatable bonds is 5. The first-order chi connectivity index (χ1) is 8.45. The van der Waals surface area contributed by atoms with E-state index in [1.54, 1.807) is 4.90 Å². The van der Waals surface area contributed by atoms with E-state index >= 15 is 0 Å². The molecule has 0 saturated heterocycles. The SMILES string of the molecule is CCN(C(=O)c1cncc(Cl)n1)C(C)CN(C)C. The Morgan fingerprint density at radius 2 is 2.11 bits per heavy atom. The van der Waals surface area contributed by atoms with Gasteiger partial charge in [0.05, 0.1) is 12.4 Å². The molecule has 1 unspecified atom stereocenters. The minimum absolute atomic E-state index is 0.110. The lowest BCUT2D eigenvalue weighted by molar-refractivity contribution is 0.0672. The van der Waals surface area contributed by atoms with Crippen LogP contribution in [0.4, 0.5) is 0 Å². The molecule has 1 aromatic rings. The van der Waals surface area contributed by atoms with Crippen LogP contribution in [-0.4, -0.2) is 58.9 Å². The summed E-state index contributed by atoms with van der Waals surface area (Å²) in [5.74, 6) is -0.137. The average molecular weight is 271 g/mol. The second kappa shape index (κ2) is 6.66. The molecule has 1 atom stereocenters. The van der Waals surface area contributed by atoms with Gasteiger partial charge in [0.1, 0.15) is 10.8 Å². The molecular weight excluding hydrogens is 252 g/mol. The summed E-state index contributed by atoms with van der Waals surface area (Å²) in [6, 6.07) is 0.110. The third kappa shape index (κ3) is 3.92. The van der Waals surface area contributed by atoms with E-state index in [-0.39, 0.29) is 22.8 Å². The molecule has 0 fully saturated rings. The molecule has 6 heteroatoms. The molecule has 1 amide bonds. The maximum Gasteiger partial charge on any atom is 0.274 e. The molecule has 0 aromatic carbocycles. The van der Waals surface area contributed by atoms with E-state index in [9.17, 15) is 4.79 Å². The third-order valence-corrected chi connectivity index (χ3v) is 2.77. The largest absolute Gasteiger partial charge is 0.334 e. The molecule has 0 aliphatic carbocycles. The highest BCUT2D eigenvalue weighted by atomic mass is 35.5. The van der Waals surface area contributed by atoms with Crippen LogP contribution >= 0.6 is 11.6 Å². The summed E-state index contributed by atoms with van der Waals surface area (Å²) in [7, 11) is 3.96. The molecule has 0 radical (unpaired) electrons. The number of carbonyl (C=O) groups excluding carboxylic acids is 1. The maximum absolute atomic E-state index is 12.3. The van der Waals surface area contributed by atoms with Crippen molar-refractivity contribution < 1.29 is 4.79 Å². The molecule has 1 rings (SSSR count). The molecule has 0 bridgehead atoms. The number of hydrogen-bond acceptors (Lipinski definition) is 4. The normalized spacial score (nSPS) is 12.6. The van der Waals surface area contributed by atoms with E-state index in [2.05, 4.69) is 9.97 Å². The molecular formula is C12H19ClN4O. The van der Waals surface area contributed by atoms with Gasteiger partial charge >= 0.3 is 0 Å². The van der Waals surface area contributed by atoms with E-state index < -0.39 is 0 Å². The highest BCUT2D eigenvalue weighted by molar-refractivity contribution is 6.29. The Balaban J connectivity index is 2.85. The highest BCUT2D eigenvalue weighted by Crippen LogP contribution is 2.09. The summed E-state index contributed by atoms with van der Waals surface area (Å²) >= 11 is 5.75. The Bertz CT molecular complexity index is 411. The van der Waals surface area contributed by atoms with Crippen molar-refractivity contribution in [1.29, 1.82) is 0 Å². The zero-order valence-corrected chi connectivity index (χ0v) is 12.0. The summed E-state index contributed by atoms with van der Waals surface area (Å²) < 4.78 is 0. The minimum Gasteiger partial charge on any atom is -0.334 e. The molecule has 1 aromatic heterocycles. The molecule has 0 saturated carbocycles. The Hall–Kier alpha value is -1.20. The van der Waals surface area contributed by atoms with Gasteiger partial charge in [-0.1, -0.05) is 11.6 Å². The first kappa shape index (κ1) is 14.9. The summed E-state index contributed by atoms with van der Waals surface area (Å²) in [6.07, 6.45) is 2.86. The number of hydrogen-bond donors (Lipinski definition) is 0. The minimum atomic E-state index is -0.137. The highest BCUT2D eigenvalue weighted by Gasteiger charge is 2.21. The first-order valence-corrected chi connectivity index (χ1v) is 6.26. The number of nitrogens with zero attached hydrogens (tertiary/aromatic N) is 4. The Morgan fingerprint density at radius 3 is 2.61 bits per heavy atom. The van der Waals surface area contributed by atoms with Crippen LogP contribution in [0.25, 0.3) is 0 Å². The molecule has 0 aliphatic heterocycles. The van der Waals surface area contributed by atoms with Crippen molar-refractivity contribution in [2.24, 2.45) is 0 Å². The maximum atomic E-state index is 12.3. The molecule has 18 heavy (non-hydrogen) atoms. The van der Waals surface area contributed by atoms with Crippen LogP contribution in [0.1, 0.15) is 24.3 Å². The van der Waals surface area contributed by atoms with E-state index in [4.69, 9.17) is 11.6 Å². The summed E-state index contributed by atoms with van der Waals surface area (Å²) in [6.45, 7) is 5.39. The lowest BCUT2D eigenvalue weighted by Crippen LogP contribution is -2.44. The smallest absolute Gasteiger partial charge is 0.274 e. The van der Waals surface area contributed by atoms with Crippen LogP contribution in [0.5, 0.6) is 0 Å². The number of likely N-dealkylation sites (N-methyl/N-ethyl adjacent to an activating group) is 2. The summed E-state index contributed by atoms with van der Waals surface area (Å²) in [4.78, 5) is 24.0. The Kier molecular flexibility index (Phi) is 5.50. The number of amides is 1. The molecule has 0 aliphatic rings. The zero-order chi connectivity index (χ0) is 13.7. The van der Waals surface area contributed by atoms with Crippen molar-refractivity contribution >= 4 is 17.5 Å². The van der Waals surface area contributed by atoms with Crippen molar-refractivity contribution in [3.8, 4) is 0 Å². The van der Waals surface area contributed by atoms with E-state index in [1.807, 2.05) is 32.8 Å². The van der Waals surface area contributed by atoms with Crippen molar-refractivity contribution in [3.05, 3.63) is 23.2 Å². The zero-order valence-electron chi connectivity index (χ0n) is 11.2. The van der Waals surface area contributed by atoms with Crippen LogP contribution in [0.2, 0.25) is 5.15 Å². The van der Waals surface area contributed by atoms with Crippen LogP contribution in [-0.2, 0) is 0 Å². The van der Waals surface area contributed by atoms with E-state index in [1.165, 1.54) is 12.4 Å². The van der Waals surface area contributed by atoms with Crippen molar-refractivity contribution in [1.82, 2.24) is 19.8 Å². The molecule has 100 valence electrons. The van der Waals surface area contributed by atoms with Crippen LogP contribution in [0.15, 0.2) is 12.4 Å². The monoisotopic (exact) mass is 270 g/mol. The lowest BCUT2D eigenvalue weighted by atomic mass is 10.2. The fourth-order valence-electron chi connectivity index (χ4n) is 1.87. The van der Waals surface area contributed by atoms with Gasteiger partial charge in [-0.3, -0.25) is 9.78 Å². The predicted molar refractivity (Wildman–Crippen MR) is 71.8 cm³/mol. The third-order valence-electron chi connectivity index (χ3n) is 2.59. The number of aromatic nitrogens is 2. The van der Waals surface area contributed by atoms with Gasteiger partial charge in [0.2, 0.25) is 0 Å².